The van der Waals surface area contributed by atoms with Crippen LogP contribution >= 0.6 is 11.6 Å². The third-order valence-electron chi connectivity index (χ3n) is 3.36. The van der Waals surface area contributed by atoms with Crippen LogP contribution in [0.15, 0.2) is 48.5 Å². The van der Waals surface area contributed by atoms with E-state index in [0.29, 0.717) is 16.1 Å². The largest absolute Gasteiger partial charge is 0.366 e. The lowest BCUT2D eigenvalue weighted by molar-refractivity contribution is 0.100. The molecule has 3 nitrogen and oxygen atoms in total. The summed E-state index contributed by atoms with van der Waals surface area (Å²) in [5.41, 5.74) is 9.08. The Bertz CT molecular complexity index is 844. The second-order valence-corrected chi connectivity index (χ2v) is 5.30. The van der Waals surface area contributed by atoms with Gasteiger partial charge in [0.1, 0.15) is 0 Å². The molecule has 3 rings (SSSR count). The van der Waals surface area contributed by atoms with Gasteiger partial charge in [-0.25, -0.2) is 0 Å². The maximum Gasteiger partial charge on any atom is 0.250 e. The Morgan fingerprint density at radius 1 is 1.10 bits per heavy atom. The van der Waals surface area contributed by atoms with Crippen molar-refractivity contribution in [3.63, 3.8) is 0 Å². The van der Waals surface area contributed by atoms with E-state index in [1.54, 1.807) is 12.1 Å². The maximum atomic E-state index is 11.8. The van der Waals surface area contributed by atoms with Crippen LogP contribution in [0, 0.1) is 6.92 Å². The number of benzene rings is 2. The lowest BCUT2D eigenvalue weighted by Gasteiger charge is -2.10. The highest BCUT2D eigenvalue weighted by atomic mass is 35.5. The average molecular weight is 297 g/mol. The molecule has 0 aliphatic carbocycles. The Labute approximate surface area is 127 Å². The standard InChI is InChI=1S/C17H13ClN2O/c1-10-7-15(18)13-8-12(11-5-3-2-4-6-11)9-14(17(19)21)16(13)20-10/h2-9H,1H3,(H2,19,21). The topological polar surface area (TPSA) is 56.0 Å². The number of rotatable bonds is 2. The smallest absolute Gasteiger partial charge is 0.250 e. The number of nitrogens with zero attached hydrogens (tertiary/aromatic N) is 1. The maximum absolute atomic E-state index is 11.8. The number of primary amides is 1. The van der Waals surface area contributed by atoms with Gasteiger partial charge in [-0.15, -0.1) is 0 Å². The van der Waals surface area contributed by atoms with E-state index >= 15 is 0 Å². The molecule has 2 N–H and O–H groups in total. The van der Waals surface area contributed by atoms with E-state index in [0.717, 1.165) is 22.2 Å². The molecule has 0 bridgehead atoms. The van der Waals surface area contributed by atoms with Crippen molar-refractivity contribution >= 4 is 28.4 Å². The molecule has 1 aromatic heterocycles. The van der Waals surface area contributed by atoms with Gasteiger partial charge in [0, 0.05) is 11.1 Å². The Morgan fingerprint density at radius 2 is 1.81 bits per heavy atom. The monoisotopic (exact) mass is 296 g/mol. The van der Waals surface area contributed by atoms with Gasteiger partial charge < -0.3 is 5.73 Å². The minimum absolute atomic E-state index is 0.386. The summed E-state index contributed by atoms with van der Waals surface area (Å²) in [7, 11) is 0. The number of fused-ring (bicyclic) bond motifs is 1. The first-order chi connectivity index (χ1) is 10.1. The number of carbonyl (C=O) groups excluding carboxylic acids is 1. The van der Waals surface area contributed by atoms with Crippen LogP contribution in [0.5, 0.6) is 0 Å². The van der Waals surface area contributed by atoms with Gasteiger partial charge in [-0.2, -0.15) is 0 Å². The van der Waals surface area contributed by atoms with Crippen molar-refractivity contribution in [1.82, 2.24) is 4.98 Å². The van der Waals surface area contributed by atoms with E-state index in [-0.39, 0.29) is 0 Å². The summed E-state index contributed by atoms with van der Waals surface area (Å²) >= 11 is 6.31. The fourth-order valence-electron chi connectivity index (χ4n) is 2.39. The molecule has 0 saturated carbocycles. The molecule has 0 unspecified atom stereocenters. The summed E-state index contributed by atoms with van der Waals surface area (Å²) < 4.78 is 0. The van der Waals surface area contributed by atoms with Crippen LogP contribution < -0.4 is 5.73 Å². The lowest BCUT2D eigenvalue weighted by atomic mass is 9.99. The number of aryl methyl sites for hydroxylation is 1. The molecule has 0 spiro atoms. The molecule has 1 amide bonds. The van der Waals surface area contributed by atoms with Crippen LogP contribution in [0.2, 0.25) is 5.02 Å². The number of aromatic nitrogens is 1. The summed E-state index contributed by atoms with van der Waals surface area (Å²) in [4.78, 5) is 16.2. The van der Waals surface area contributed by atoms with Crippen molar-refractivity contribution in [2.45, 2.75) is 6.92 Å². The van der Waals surface area contributed by atoms with Gasteiger partial charge in [0.2, 0.25) is 0 Å². The lowest BCUT2D eigenvalue weighted by Crippen LogP contribution is -2.12. The van der Waals surface area contributed by atoms with Gasteiger partial charge >= 0.3 is 0 Å². The molecule has 3 aromatic rings. The fourth-order valence-corrected chi connectivity index (χ4v) is 2.69. The molecule has 21 heavy (non-hydrogen) atoms. The number of halogens is 1. The highest BCUT2D eigenvalue weighted by Gasteiger charge is 2.14. The Hall–Kier alpha value is -2.39. The predicted octanol–water partition coefficient (Wildman–Crippen LogP) is 3.96. The summed E-state index contributed by atoms with van der Waals surface area (Å²) in [6, 6.07) is 15.3. The fraction of sp³-hybridized carbons (Fsp3) is 0.0588. The Kier molecular flexibility index (Phi) is 3.35. The zero-order chi connectivity index (χ0) is 15.0. The Morgan fingerprint density at radius 3 is 2.48 bits per heavy atom. The molecule has 0 saturated heterocycles. The van der Waals surface area contributed by atoms with Crippen molar-refractivity contribution < 1.29 is 4.79 Å². The first-order valence-electron chi connectivity index (χ1n) is 6.52. The van der Waals surface area contributed by atoms with Crippen molar-refractivity contribution in [3.05, 3.63) is 64.8 Å². The number of hydrogen-bond acceptors (Lipinski definition) is 2. The normalized spacial score (nSPS) is 10.8. The van der Waals surface area contributed by atoms with E-state index in [9.17, 15) is 4.79 Å². The van der Waals surface area contributed by atoms with Crippen molar-refractivity contribution in [1.29, 1.82) is 0 Å². The summed E-state index contributed by atoms with van der Waals surface area (Å²) in [5.74, 6) is -0.507. The van der Waals surface area contributed by atoms with Crippen LogP contribution in [0.1, 0.15) is 16.1 Å². The van der Waals surface area contributed by atoms with Crippen molar-refractivity contribution in [2.24, 2.45) is 5.73 Å². The minimum Gasteiger partial charge on any atom is -0.366 e. The van der Waals surface area contributed by atoms with Crippen LogP contribution in [0.3, 0.4) is 0 Å². The molecule has 0 aliphatic rings. The zero-order valence-electron chi connectivity index (χ0n) is 11.4. The average Bonchev–Trinajstić information content (AvgIpc) is 2.47. The van der Waals surface area contributed by atoms with Gasteiger partial charge in [0.15, 0.2) is 0 Å². The number of amides is 1. The first kappa shape index (κ1) is 13.6. The van der Waals surface area contributed by atoms with Gasteiger partial charge in [-0.3, -0.25) is 9.78 Å². The summed E-state index contributed by atoms with van der Waals surface area (Å²) in [5, 5.41) is 1.30. The van der Waals surface area contributed by atoms with Crippen LogP contribution in [-0.4, -0.2) is 10.9 Å². The third-order valence-corrected chi connectivity index (χ3v) is 3.68. The zero-order valence-corrected chi connectivity index (χ0v) is 12.2. The summed E-state index contributed by atoms with van der Waals surface area (Å²) in [6.07, 6.45) is 0. The molecule has 104 valence electrons. The number of pyridine rings is 1. The van der Waals surface area contributed by atoms with E-state index in [4.69, 9.17) is 17.3 Å². The molecule has 0 atom stereocenters. The van der Waals surface area contributed by atoms with Crippen LogP contribution in [0.25, 0.3) is 22.0 Å². The molecule has 0 aliphatic heterocycles. The molecular weight excluding hydrogens is 284 g/mol. The number of hydrogen-bond donors (Lipinski definition) is 1. The number of nitrogens with two attached hydrogens (primary N) is 1. The van der Waals surface area contributed by atoms with Gasteiger partial charge in [0.25, 0.3) is 5.91 Å². The Balaban J connectivity index is 2.38. The second-order valence-electron chi connectivity index (χ2n) is 4.90. The second kappa shape index (κ2) is 5.19. The quantitative estimate of drug-likeness (QED) is 0.778. The summed E-state index contributed by atoms with van der Waals surface area (Å²) in [6.45, 7) is 1.83. The molecule has 4 heteroatoms. The van der Waals surface area contributed by atoms with E-state index < -0.39 is 5.91 Å². The third kappa shape index (κ3) is 2.48. The van der Waals surface area contributed by atoms with Crippen molar-refractivity contribution in [2.75, 3.05) is 0 Å². The molecule has 1 heterocycles. The van der Waals surface area contributed by atoms with E-state index in [1.807, 2.05) is 43.3 Å². The van der Waals surface area contributed by atoms with Crippen molar-refractivity contribution in [3.8, 4) is 11.1 Å². The molecular formula is C17H13ClN2O. The van der Waals surface area contributed by atoms with Crippen LogP contribution in [0.4, 0.5) is 0 Å². The van der Waals surface area contributed by atoms with Gasteiger partial charge in [-0.05, 0) is 36.2 Å². The molecule has 2 aromatic carbocycles. The van der Waals surface area contributed by atoms with E-state index in [1.165, 1.54) is 0 Å². The molecule has 0 radical (unpaired) electrons. The molecule has 0 fully saturated rings. The first-order valence-corrected chi connectivity index (χ1v) is 6.90. The minimum atomic E-state index is -0.507. The highest BCUT2D eigenvalue weighted by molar-refractivity contribution is 6.36. The van der Waals surface area contributed by atoms with Crippen LogP contribution in [-0.2, 0) is 0 Å². The van der Waals surface area contributed by atoms with Gasteiger partial charge in [0.05, 0.1) is 16.1 Å². The van der Waals surface area contributed by atoms with E-state index in [2.05, 4.69) is 4.98 Å². The number of carbonyl (C=O) groups is 1. The highest BCUT2D eigenvalue weighted by Crippen LogP contribution is 2.31. The SMILES string of the molecule is Cc1cc(Cl)c2cc(-c3ccccc3)cc(C(N)=O)c2n1. The predicted molar refractivity (Wildman–Crippen MR) is 85.4 cm³/mol. The van der Waals surface area contributed by atoms with Gasteiger partial charge in [-0.1, -0.05) is 41.9 Å².